The van der Waals surface area contributed by atoms with Crippen molar-refractivity contribution in [2.24, 2.45) is 11.8 Å². The molecule has 2 aliphatic rings. The molecule has 0 amide bonds. The largest absolute Gasteiger partial charge is 0.480 e. The van der Waals surface area contributed by atoms with Gasteiger partial charge in [0.05, 0.1) is 0 Å². The first kappa shape index (κ1) is 21.7. The molecule has 1 aromatic carbocycles. The maximum Gasteiger partial charge on any atom is 0.325 e. The van der Waals surface area contributed by atoms with E-state index in [4.69, 9.17) is 0 Å². The summed E-state index contributed by atoms with van der Waals surface area (Å²) in [7, 11) is 0. The number of benzene rings is 1. The molecule has 29 heavy (non-hydrogen) atoms. The Morgan fingerprint density at radius 3 is 2.45 bits per heavy atom. The molecule has 3 rings (SSSR count). The molecule has 1 aliphatic heterocycles. The Kier molecular flexibility index (Phi) is 6.89. The molecule has 1 heterocycles. The number of carboxylic acid groups (broad SMARTS) is 1. The molecular formula is C24H33NO4. The molecule has 3 unspecified atom stereocenters. The second-order valence-corrected chi connectivity index (χ2v) is 8.61. The lowest BCUT2D eigenvalue weighted by molar-refractivity contribution is -0.158. The quantitative estimate of drug-likeness (QED) is 0.667. The lowest BCUT2D eigenvalue weighted by Gasteiger charge is -2.48. The summed E-state index contributed by atoms with van der Waals surface area (Å²) in [6.07, 6.45) is 4.37. The molecule has 1 N–H and O–H groups in total. The fourth-order valence-electron chi connectivity index (χ4n) is 5.90. The minimum atomic E-state index is -1.03. The first-order valence-electron chi connectivity index (χ1n) is 11.1. The molecule has 158 valence electrons. The SMILES string of the molecule is CCCC(C1CCC(=O)C(=O)C1)[C@@]1(C(=O)O)C(c2ccccc2)CCN1CCC. The van der Waals surface area contributed by atoms with Crippen LogP contribution in [0, 0.1) is 11.8 Å². The van der Waals surface area contributed by atoms with Crippen LogP contribution in [0.5, 0.6) is 0 Å². The third-order valence-electron chi connectivity index (χ3n) is 7.02. The van der Waals surface area contributed by atoms with Gasteiger partial charge in [0.15, 0.2) is 11.6 Å². The van der Waals surface area contributed by atoms with E-state index in [2.05, 4.69) is 18.7 Å². The van der Waals surface area contributed by atoms with Gasteiger partial charge >= 0.3 is 5.97 Å². The van der Waals surface area contributed by atoms with Gasteiger partial charge in [0, 0.05) is 18.8 Å². The van der Waals surface area contributed by atoms with E-state index in [0.29, 0.717) is 6.42 Å². The second-order valence-electron chi connectivity index (χ2n) is 8.61. The first-order valence-corrected chi connectivity index (χ1v) is 11.1. The zero-order valence-corrected chi connectivity index (χ0v) is 17.6. The van der Waals surface area contributed by atoms with Gasteiger partial charge in [-0.15, -0.1) is 0 Å². The molecule has 4 atom stereocenters. The van der Waals surface area contributed by atoms with Gasteiger partial charge in [-0.25, -0.2) is 0 Å². The van der Waals surface area contributed by atoms with Crippen molar-refractivity contribution in [1.29, 1.82) is 0 Å². The normalized spacial score (nSPS) is 29.2. The number of carbonyl (C=O) groups excluding carboxylic acids is 2. The molecule has 5 nitrogen and oxygen atoms in total. The van der Waals surface area contributed by atoms with Crippen LogP contribution in [-0.4, -0.2) is 46.2 Å². The van der Waals surface area contributed by atoms with Gasteiger partial charge in [0.1, 0.15) is 5.54 Å². The molecule has 2 fully saturated rings. The predicted molar refractivity (Wildman–Crippen MR) is 112 cm³/mol. The summed E-state index contributed by atoms with van der Waals surface area (Å²) in [6.45, 7) is 5.64. The van der Waals surface area contributed by atoms with Crippen LogP contribution >= 0.6 is 0 Å². The number of hydrogen-bond acceptors (Lipinski definition) is 4. The number of carboxylic acids is 1. The Balaban J connectivity index is 2.11. The maximum absolute atomic E-state index is 13.1. The van der Waals surface area contributed by atoms with Crippen LogP contribution < -0.4 is 0 Å². The Bertz CT molecular complexity index is 747. The Morgan fingerprint density at radius 1 is 1.14 bits per heavy atom. The lowest BCUT2D eigenvalue weighted by atomic mass is 9.62. The predicted octanol–water partition coefficient (Wildman–Crippen LogP) is 4.06. The highest BCUT2D eigenvalue weighted by molar-refractivity contribution is 6.37. The highest BCUT2D eigenvalue weighted by Crippen LogP contribution is 2.52. The molecule has 0 aromatic heterocycles. The van der Waals surface area contributed by atoms with E-state index in [1.807, 2.05) is 30.3 Å². The summed E-state index contributed by atoms with van der Waals surface area (Å²) in [6, 6.07) is 9.98. The highest BCUT2D eigenvalue weighted by Gasteiger charge is 2.60. The van der Waals surface area contributed by atoms with Crippen molar-refractivity contribution < 1.29 is 19.5 Å². The molecular weight excluding hydrogens is 366 g/mol. The summed E-state index contributed by atoms with van der Waals surface area (Å²) in [4.78, 5) is 39.4. The van der Waals surface area contributed by atoms with Gasteiger partial charge in [-0.1, -0.05) is 50.6 Å². The third kappa shape index (κ3) is 3.89. The first-order chi connectivity index (χ1) is 14.0. The van der Waals surface area contributed by atoms with Gasteiger partial charge in [-0.2, -0.15) is 0 Å². The summed E-state index contributed by atoms with van der Waals surface area (Å²) >= 11 is 0. The van der Waals surface area contributed by atoms with Crippen LogP contribution in [0.3, 0.4) is 0 Å². The van der Waals surface area contributed by atoms with Gasteiger partial charge in [0.25, 0.3) is 0 Å². The van der Waals surface area contributed by atoms with Crippen molar-refractivity contribution in [2.45, 2.75) is 70.3 Å². The topological polar surface area (TPSA) is 74.7 Å². The Hall–Kier alpha value is -2.01. The van der Waals surface area contributed by atoms with Crippen molar-refractivity contribution in [3.63, 3.8) is 0 Å². The Morgan fingerprint density at radius 2 is 1.86 bits per heavy atom. The van der Waals surface area contributed by atoms with Crippen LogP contribution in [0.15, 0.2) is 30.3 Å². The number of hydrogen-bond donors (Lipinski definition) is 1. The van der Waals surface area contributed by atoms with E-state index in [9.17, 15) is 19.5 Å². The van der Waals surface area contributed by atoms with Crippen LogP contribution in [-0.2, 0) is 14.4 Å². The van der Waals surface area contributed by atoms with Crippen molar-refractivity contribution in [2.75, 3.05) is 13.1 Å². The van der Waals surface area contributed by atoms with Crippen molar-refractivity contribution in [3.8, 4) is 0 Å². The van der Waals surface area contributed by atoms with Crippen LogP contribution in [0.1, 0.15) is 70.3 Å². The average Bonchev–Trinajstić information content (AvgIpc) is 3.09. The standard InChI is InChI=1S/C24H33NO4/c1-3-8-19(18-11-12-21(26)22(27)16-18)24(23(28)29)20(13-15-25(24)14-4-2)17-9-6-5-7-10-17/h5-7,9-10,18-20H,3-4,8,11-16H2,1-2H3,(H,28,29)/t18?,19?,20?,24-/m0/s1. The minimum absolute atomic E-state index is 0.0556. The van der Waals surface area contributed by atoms with Gasteiger partial charge in [-0.05, 0) is 56.2 Å². The number of likely N-dealkylation sites (tertiary alicyclic amines) is 1. The van der Waals surface area contributed by atoms with Crippen LogP contribution in [0.25, 0.3) is 0 Å². The zero-order valence-electron chi connectivity index (χ0n) is 17.6. The fraction of sp³-hybridized carbons (Fsp3) is 0.625. The van der Waals surface area contributed by atoms with E-state index in [-0.39, 0.29) is 42.2 Å². The van der Waals surface area contributed by atoms with E-state index in [1.54, 1.807) is 0 Å². The third-order valence-corrected chi connectivity index (χ3v) is 7.02. The van der Waals surface area contributed by atoms with Crippen molar-refractivity contribution in [3.05, 3.63) is 35.9 Å². The fourth-order valence-corrected chi connectivity index (χ4v) is 5.90. The number of rotatable bonds is 8. The van der Waals surface area contributed by atoms with Crippen molar-refractivity contribution >= 4 is 17.5 Å². The lowest BCUT2D eigenvalue weighted by Crippen LogP contribution is -2.61. The molecule has 1 saturated carbocycles. The summed E-state index contributed by atoms with van der Waals surface area (Å²) in [5, 5.41) is 10.7. The molecule has 5 heteroatoms. The van der Waals surface area contributed by atoms with Gasteiger partial charge < -0.3 is 5.11 Å². The number of ketones is 2. The summed E-state index contributed by atoms with van der Waals surface area (Å²) < 4.78 is 0. The summed E-state index contributed by atoms with van der Waals surface area (Å²) in [5.74, 6) is -1.71. The zero-order chi connectivity index (χ0) is 21.0. The molecule has 0 bridgehead atoms. The molecule has 1 saturated heterocycles. The molecule has 1 aliphatic carbocycles. The number of carbonyl (C=O) groups is 3. The second kappa shape index (κ2) is 9.21. The van der Waals surface area contributed by atoms with Crippen LogP contribution in [0.2, 0.25) is 0 Å². The smallest absolute Gasteiger partial charge is 0.325 e. The maximum atomic E-state index is 13.1. The average molecular weight is 400 g/mol. The van der Waals surface area contributed by atoms with E-state index < -0.39 is 11.5 Å². The molecule has 0 spiro atoms. The number of aliphatic carboxylic acids is 1. The summed E-state index contributed by atoms with van der Waals surface area (Å²) in [5.41, 5.74) is 0.0337. The van der Waals surface area contributed by atoms with E-state index in [0.717, 1.165) is 44.3 Å². The van der Waals surface area contributed by atoms with Crippen molar-refractivity contribution in [1.82, 2.24) is 4.90 Å². The van der Waals surface area contributed by atoms with Gasteiger partial charge in [0.2, 0.25) is 0 Å². The monoisotopic (exact) mass is 399 g/mol. The molecule has 1 aromatic rings. The Labute approximate surface area is 173 Å². The van der Waals surface area contributed by atoms with Gasteiger partial charge in [-0.3, -0.25) is 19.3 Å². The van der Waals surface area contributed by atoms with E-state index >= 15 is 0 Å². The van der Waals surface area contributed by atoms with Crippen LogP contribution in [0.4, 0.5) is 0 Å². The minimum Gasteiger partial charge on any atom is -0.480 e. The highest BCUT2D eigenvalue weighted by atomic mass is 16.4. The number of nitrogens with zero attached hydrogens (tertiary/aromatic N) is 1. The van der Waals surface area contributed by atoms with E-state index in [1.165, 1.54) is 0 Å². The molecule has 0 radical (unpaired) electrons. The number of Topliss-reactive ketones (excluding diaryl/α,β-unsaturated/α-hetero) is 2.